The summed E-state index contributed by atoms with van der Waals surface area (Å²) in [6, 6.07) is 33.3. The number of nitrogens with one attached hydrogen (secondary N) is 1. The summed E-state index contributed by atoms with van der Waals surface area (Å²) in [5.41, 5.74) is 3.53. The van der Waals surface area contributed by atoms with Crippen molar-refractivity contribution in [3.63, 3.8) is 0 Å². The molecule has 7 heteroatoms. The Hall–Kier alpha value is -3.78. The van der Waals surface area contributed by atoms with E-state index in [0.717, 1.165) is 42.5 Å². The first-order valence-electron chi connectivity index (χ1n) is 17.6. The van der Waals surface area contributed by atoms with Crippen LogP contribution >= 0.6 is 0 Å². The van der Waals surface area contributed by atoms with Crippen LogP contribution in [0, 0.1) is 5.92 Å². The number of nitrogens with zero attached hydrogens (tertiary/aromatic N) is 3. The zero-order valence-electron chi connectivity index (χ0n) is 29.3. The quantitative estimate of drug-likeness (QED) is 0.162. The molecule has 7 rings (SSSR count). The normalized spacial score (nSPS) is 21.5. The molecular formula is C41H50N4O2Si. The van der Waals surface area contributed by atoms with Crippen molar-refractivity contribution < 1.29 is 9.16 Å². The fourth-order valence-electron chi connectivity index (χ4n) is 8.31. The van der Waals surface area contributed by atoms with Gasteiger partial charge in [-0.15, -0.1) is 0 Å². The van der Waals surface area contributed by atoms with Crippen LogP contribution in [-0.4, -0.2) is 41.2 Å². The molecule has 0 radical (unpaired) electrons. The highest BCUT2D eigenvalue weighted by molar-refractivity contribution is 6.99. The standard InChI is InChI=1S/C41H50N4O2Si/c1-40(2,3)47-37-26-31(45-24-23-35-38(42-28-43-39(35)45)44-36-22-21-29-15-13-14-20-34(29)36)25-30(37)27-46-48(41(4,5)6,32-16-9-7-10-17-32)33-18-11-8-12-19-33/h7-20,23-24,28,30-31,36-37H,21-22,25-27H2,1-6H3,(H,42,43,44)/t30-,31+,36?,37-/m0/s1. The van der Waals surface area contributed by atoms with Crippen LogP contribution < -0.4 is 15.7 Å². The Morgan fingerprint density at radius 1 is 0.812 bits per heavy atom. The number of anilines is 1. The van der Waals surface area contributed by atoms with Gasteiger partial charge in [0.1, 0.15) is 17.8 Å². The Morgan fingerprint density at radius 2 is 1.48 bits per heavy atom. The van der Waals surface area contributed by atoms with Gasteiger partial charge in [0.05, 0.1) is 23.1 Å². The lowest BCUT2D eigenvalue weighted by Gasteiger charge is -2.44. The molecule has 250 valence electrons. The lowest BCUT2D eigenvalue weighted by Crippen LogP contribution is -2.67. The molecule has 2 aromatic heterocycles. The van der Waals surface area contributed by atoms with Crippen LogP contribution in [0.15, 0.2) is 104 Å². The van der Waals surface area contributed by atoms with Gasteiger partial charge in [0.15, 0.2) is 0 Å². The van der Waals surface area contributed by atoms with Gasteiger partial charge in [-0.25, -0.2) is 9.97 Å². The molecule has 0 saturated heterocycles. The minimum Gasteiger partial charge on any atom is -0.407 e. The fourth-order valence-corrected chi connectivity index (χ4v) is 12.9. The van der Waals surface area contributed by atoms with Gasteiger partial charge < -0.3 is 19.0 Å². The molecular weight excluding hydrogens is 609 g/mol. The van der Waals surface area contributed by atoms with Gasteiger partial charge in [-0.05, 0) is 79.1 Å². The Labute approximate surface area is 287 Å². The first-order chi connectivity index (χ1) is 23.0. The summed E-state index contributed by atoms with van der Waals surface area (Å²) in [6.07, 6.45) is 8.04. The topological polar surface area (TPSA) is 61.2 Å². The summed E-state index contributed by atoms with van der Waals surface area (Å²) in [6.45, 7) is 14.2. The van der Waals surface area contributed by atoms with E-state index in [1.165, 1.54) is 21.5 Å². The molecule has 6 nitrogen and oxygen atoms in total. The van der Waals surface area contributed by atoms with E-state index in [0.29, 0.717) is 6.61 Å². The van der Waals surface area contributed by atoms with Gasteiger partial charge in [0.2, 0.25) is 0 Å². The van der Waals surface area contributed by atoms with Crippen LogP contribution in [0.2, 0.25) is 5.04 Å². The van der Waals surface area contributed by atoms with Crippen LogP contribution in [0.4, 0.5) is 5.82 Å². The van der Waals surface area contributed by atoms with Crippen molar-refractivity contribution in [1.29, 1.82) is 0 Å². The molecule has 4 atom stereocenters. The van der Waals surface area contributed by atoms with E-state index in [-0.39, 0.29) is 34.7 Å². The van der Waals surface area contributed by atoms with Crippen LogP contribution in [0.3, 0.4) is 0 Å². The third-order valence-electron chi connectivity index (χ3n) is 10.4. The summed E-state index contributed by atoms with van der Waals surface area (Å²) in [5, 5.41) is 7.38. The molecule has 0 aliphatic heterocycles. The summed E-state index contributed by atoms with van der Waals surface area (Å²) in [4.78, 5) is 9.56. The number of benzene rings is 3. The predicted molar refractivity (Wildman–Crippen MR) is 199 cm³/mol. The van der Waals surface area contributed by atoms with Crippen LogP contribution in [0.1, 0.15) is 84.0 Å². The minimum atomic E-state index is -2.68. The lowest BCUT2D eigenvalue weighted by molar-refractivity contribution is -0.0816. The van der Waals surface area contributed by atoms with Gasteiger partial charge in [0.25, 0.3) is 8.32 Å². The van der Waals surface area contributed by atoms with Crippen LogP contribution in [0.25, 0.3) is 11.0 Å². The van der Waals surface area contributed by atoms with Gasteiger partial charge in [0, 0.05) is 24.8 Å². The molecule has 2 aliphatic carbocycles. The molecule has 0 bridgehead atoms. The molecule has 1 saturated carbocycles. The second-order valence-corrected chi connectivity index (χ2v) is 20.1. The predicted octanol–water partition coefficient (Wildman–Crippen LogP) is 8.24. The Morgan fingerprint density at radius 3 is 2.15 bits per heavy atom. The monoisotopic (exact) mass is 658 g/mol. The summed E-state index contributed by atoms with van der Waals surface area (Å²) >= 11 is 0. The molecule has 1 unspecified atom stereocenters. The Balaban J connectivity index is 1.18. The van der Waals surface area contributed by atoms with Crippen molar-refractivity contribution in [1.82, 2.24) is 14.5 Å². The number of rotatable bonds is 9. The Kier molecular flexibility index (Phi) is 8.81. The van der Waals surface area contributed by atoms with Gasteiger partial charge in [-0.3, -0.25) is 0 Å². The molecule has 0 spiro atoms. The SMILES string of the molecule is CC(C)(C)O[C@H]1C[C@H](n2ccc3c(NC4CCc5ccccc54)ncnc32)C[C@H]1CO[Si](c1ccccc1)(c1ccccc1)C(C)(C)C. The molecule has 0 amide bonds. The third kappa shape index (κ3) is 6.24. The average Bonchev–Trinajstić information content (AvgIpc) is 3.79. The highest BCUT2D eigenvalue weighted by Gasteiger charge is 2.51. The molecule has 48 heavy (non-hydrogen) atoms. The highest BCUT2D eigenvalue weighted by atomic mass is 28.4. The first kappa shape index (κ1) is 32.7. The maximum absolute atomic E-state index is 7.48. The summed E-state index contributed by atoms with van der Waals surface area (Å²) in [5.74, 6) is 1.15. The van der Waals surface area contributed by atoms with E-state index in [1.807, 2.05) is 0 Å². The van der Waals surface area contributed by atoms with Gasteiger partial charge in [-0.2, -0.15) is 0 Å². The number of ether oxygens (including phenoxy) is 1. The largest absolute Gasteiger partial charge is 0.407 e. The molecule has 2 aliphatic rings. The molecule has 5 aromatic rings. The summed E-state index contributed by atoms with van der Waals surface area (Å²) < 4.78 is 16.7. The number of aryl methyl sites for hydroxylation is 1. The van der Waals surface area contributed by atoms with E-state index < -0.39 is 8.32 Å². The molecule has 1 N–H and O–H groups in total. The number of hydrogen-bond acceptors (Lipinski definition) is 5. The van der Waals surface area contributed by atoms with E-state index in [4.69, 9.17) is 19.1 Å². The van der Waals surface area contributed by atoms with Crippen molar-refractivity contribution >= 4 is 35.5 Å². The maximum atomic E-state index is 7.48. The van der Waals surface area contributed by atoms with E-state index in [2.05, 4.69) is 149 Å². The lowest BCUT2D eigenvalue weighted by atomic mass is 10.1. The zero-order valence-corrected chi connectivity index (χ0v) is 30.3. The van der Waals surface area contributed by atoms with Gasteiger partial charge in [-0.1, -0.05) is 106 Å². The average molecular weight is 659 g/mol. The highest BCUT2D eigenvalue weighted by Crippen LogP contribution is 2.43. The molecule has 1 fully saturated rings. The van der Waals surface area contributed by atoms with Gasteiger partial charge >= 0.3 is 0 Å². The second-order valence-electron chi connectivity index (χ2n) is 15.7. The van der Waals surface area contributed by atoms with Crippen molar-refractivity contribution in [3.8, 4) is 0 Å². The van der Waals surface area contributed by atoms with E-state index in [9.17, 15) is 0 Å². The smallest absolute Gasteiger partial charge is 0.261 e. The zero-order chi connectivity index (χ0) is 33.5. The summed E-state index contributed by atoms with van der Waals surface area (Å²) in [7, 11) is -2.68. The van der Waals surface area contributed by atoms with Crippen molar-refractivity contribution in [2.45, 2.75) is 96.1 Å². The van der Waals surface area contributed by atoms with Crippen molar-refractivity contribution in [3.05, 3.63) is 115 Å². The molecule has 2 heterocycles. The number of hydrogen-bond donors (Lipinski definition) is 1. The second kappa shape index (κ2) is 12.9. The van der Waals surface area contributed by atoms with E-state index in [1.54, 1.807) is 6.33 Å². The van der Waals surface area contributed by atoms with Crippen molar-refractivity contribution in [2.24, 2.45) is 5.92 Å². The Bertz CT molecular complexity index is 1800. The first-order valence-corrected chi connectivity index (χ1v) is 19.5. The van der Waals surface area contributed by atoms with E-state index >= 15 is 0 Å². The maximum Gasteiger partial charge on any atom is 0.261 e. The van der Waals surface area contributed by atoms with Crippen LogP contribution in [0.5, 0.6) is 0 Å². The number of fused-ring (bicyclic) bond motifs is 2. The van der Waals surface area contributed by atoms with Crippen LogP contribution in [-0.2, 0) is 15.6 Å². The third-order valence-corrected chi connectivity index (χ3v) is 15.4. The fraction of sp³-hybridized carbons (Fsp3) is 0.415. The number of aromatic nitrogens is 3. The molecule has 3 aromatic carbocycles. The van der Waals surface area contributed by atoms with Crippen molar-refractivity contribution in [2.75, 3.05) is 11.9 Å². The minimum absolute atomic E-state index is 0.0695.